The average Bonchev–Trinajstić information content (AvgIpc) is 2.65. The summed E-state index contributed by atoms with van der Waals surface area (Å²) in [6, 6.07) is 14.2. The lowest BCUT2D eigenvalue weighted by Gasteiger charge is -2.12. The zero-order valence-corrected chi connectivity index (χ0v) is 14.7. The van der Waals surface area contributed by atoms with Gasteiger partial charge in [0.05, 0.1) is 24.3 Å². The maximum Gasteiger partial charge on any atom is 0.191 e. The summed E-state index contributed by atoms with van der Waals surface area (Å²) in [5.41, 5.74) is 4.36. The molecule has 0 saturated carbocycles. The third-order valence-electron chi connectivity index (χ3n) is 4.03. The summed E-state index contributed by atoms with van der Waals surface area (Å²) in [7, 11) is 0. The Hall–Kier alpha value is -2.95. The number of hydrogen-bond acceptors (Lipinski definition) is 3. The van der Waals surface area contributed by atoms with Gasteiger partial charge in [0, 0.05) is 24.3 Å². The molecule has 3 rings (SSSR count). The second-order valence-corrected chi connectivity index (χ2v) is 5.80. The minimum atomic E-state index is 0.597. The molecule has 5 nitrogen and oxygen atoms in total. The molecule has 128 valence electrons. The molecule has 0 amide bonds. The largest absolute Gasteiger partial charge is 0.357 e. The van der Waals surface area contributed by atoms with Crippen molar-refractivity contribution in [3.8, 4) is 0 Å². The summed E-state index contributed by atoms with van der Waals surface area (Å²) in [4.78, 5) is 13.5. The molecular weight excluding hydrogens is 310 g/mol. The van der Waals surface area contributed by atoms with Gasteiger partial charge < -0.3 is 10.6 Å². The number of guanidine groups is 1. The number of rotatable bonds is 5. The first kappa shape index (κ1) is 16.9. The third-order valence-corrected chi connectivity index (χ3v) is 4.03. The highest BCUT2D eigenvalue weighted by atomic mass is 15.2. The standard InChI is InChI=1S/C20H23N5/c1-3-21-20(25-14-19-15(2)7-6-11-22-19)24-13-16-10-12-23-18-9-5-4-8-17(16)18/h4-12H,3,13-14H2,1-2H3,(H2,21,24,25). The Morgan fingerprint density at radius 2 is 1.88 bits per heavy atom. The zero-order valence-electron chi connectivity index (χ0n) is 14.7. The lowest BCUT2D eigenvalue weighted by Crippen LogP contribution is -2.37. The highest BCUT2D eigenvalue weighted by Crippen LogP contribution is 2.16. The summed E-state index contributed by atoms with van der Waals surface area (Å²) in [6.45, 7) is 6.18. The fourth-order valence-electron chi connectivity index (χ4n) is 2.67. The van der Waals surface area contributed by atoms with Crippen molar-refractivity contribution < 1.29 is 0 Å². The van der Waals surface area contributed by atoms with Crippen molar-refractivity contribution in [1.29, 1.82) is 0 Å². The molecule has 0 aliphatic carbocycles. The Morgan fingerprint density at radius 1 is 1.00 bits per heavy atom. The van der Waals surface area contributed by atoms with Crippen LogP contribution in [0, 0.1) is 6.92 Å². The van der Waals surface area contributed by atoms with Gasteiger partial charge in [-0.3, -0.25) is 9.97 Å². The van der Waals surface area contributed by atoms with E-state index in [4.69, 9.17) is 4.99 Å². The topological polar surface area (TPSA) is 62.2 Å². The molecular formula is C20H23N5. The van der Waals surface area contributed by atoms with Gasteiger partial charge in [-0.15, -0.1) is 0 Å². The van der Waals surface area contributed by atoms with E-state index in [2.05, 4.69) is 46.6 Å². The predicted octanol–water partition coefficient (Wildman–Crippen LogP) is 3.19. The van der Waals surface area contributed by atoms with Crippen molar-refractivity contribution in [2.75, 3.05) is 6.54 Å². The normalized spacial score (nSPS) is 11.5. The van der Waals surface area contributed by atoms with E-state index in [1.165, 1.54) is 5.56 Å². The van der Waals surface area contributed by atoms with E-state index in [1.54, 1.807) is 0 Å². The van der Waals surface area contributed by atoms with Crippen LogP contribution >= 0.6 is 0 Å². The number of pyridine rings is 2. The molecule has 0 atom stereocenters. The second-order valence-electron chi connectivity index (χ2n) is 5.80. The molecule has 25 heavy (non-hydrogen) atoms. The van der Waals surface area contributed by atoms with Crippen LogP contribution in [0.3, 0.4) is 0 Å². The van der Waals surface area contributed by atoms with Crippen molar-refractivity contribution in [1.82, 2.24) is 20.6 Å². The molecule has 0 radical (unpaired) electrons. The summed E-state index contributed by atoms with van der Waals surface area (Å²) in [5.74, 6) is 0.786. The smallest absolute Gasteiger partial charge is 0.191 e. The van der Waals surface area contributed by atoms with E-state index in [0.717, 1.165) is 34.7 Å². The Balaban J connectivity index is 1.74. The Bertz CT molecular complexity index is 867. The highest BCUT2D eigenvalue weighted by Gasteiger charge is 2.04. The zero-order chi connectivity index (χ0) is 17.5. The van der Waals surface area contributed by atoms with Crippen LogP contribution in [0.5, 0.6) is 0 Å². The lowest BCUT2D eigenvalue weighted by molar-refractivity contribution is 0.795. The van der Waals surface area contributed by atoms with Gasteiger partial charge in [-0.1, -0.05) is 24.3 Å². The van der Waals surface area contributed by atoms with Crippen LogP contribution in [-0.4, -0.2) is 22.5 Å². The molecule has 0 aliphatic heterocycles. The molecule has 5 heteroatoms. The number of fused-ring (bicyclic) bond motifs is 1. The Labute approximate surface area is 148 Å². The molecule has 2 heterocycles. The molecule has 0 spiro atoms. The fourth-order valence-corrected chi connectivity index (χ4v) is 2.67. The van der Waals surface area contributed by atoms with Gasteiger partial charge in [0.15, 0.2) is 5.96 Å². The number of aryl methyl sites for hydroxylation is 1. The van der Waals surface area contributed by atoms with Crippen LogP contribution < -0.4 is 10.6 Å². The number of aliphatic imine (C=N–C) groups is 1. The third kappa shape index (κ3) is 4.32. The van der Waals surface area contributed by atoms with Gasteiger partial charge >= 0.3 is 0 Å². The lowest BCUT2D eigenvalue weighted by atomic mass is 10.1. The summed E-state index contributed by atoms with van der Waals surface area (Å²) in [5, 5.41) is 7.79. The van der Waals surface area contributed by atoms with Crippen molar-refractivity contribution in [2.24, 2.45) is 4.99 Å². The fraction of sp³-hybridized carbons (Fsp3) is 0.250. The second kappa shape index (κ2) is 8.24. The van der Waals surface area contributed by atoms with E-state index in [9.17, 15) is 0 Å². The van der Waals surface area contributed by atoms with E-state index < -0.39 is 0 Å². The molecule has 2 aromatic heterocycles. The average molecular weight is 333 g/mol. The van der Waals surface area contributed by atoms with Crippen LogP contribution in [0.25, 0.3) is 10.9 Å². The number of benzene rings is 1. The minimum absolute atomic E-state index is 0.597. The maximum atomic E-state index is 4.72. The Kier molecular flexibility index (Phi) is 5.57. The molecule has 3 aromatic rings. The van der Waals surface area contributed by atoms with Gasteiger partial charge in [-0.05, 0) is 43.2 Å². The van der Waals surface area contributed by atoms with E-state index >= 15 is 0 Å². The summed E-state index contributed by atoms with van der Waals surface area (Å²) < 4.78 is 0. The van der Waals surface area contributed by atoms with E-state index in [0.29, 0.717) is 13.1 Å². The monoisotopic (exact) mass is 333 g/mol. The van der Waals surface area contributed by atoms with Gasteiger partial charge in [0.1, 0.15) is 0 Å². The molecule has 2 N–H and O–H groups in total. The predicted molar refractivity (Wildman–Crippen MR) is 102 cm³/mol. The first-order valence-electron chi connectivity index (χ1n) is 8.53. The van der Waals surface area contributed by atoms with Crippen LogP contribution in [0.2, 0.25) is 0 Å². The van der Waals surface area contributed by atoms with Crippen molar-refractivity contribution >= 4 is 16.9 Å². The summed E-state index contributed by atoms with van der Waals surface area (Å²) >= 11 is 0. The van der Waals surface area contributed by atoms with Gasteiger partial charge in [0.25, 0.3) is 0 Å². The molecule has 0 aliphatic rings. The quantitative estimate of drug-likeness (QED) is 0.556. The Morgan fingerprint density at radius 3 is 2.72 bits per heavy atom. The first-order valence-corrected chi connectivity index (χ1v) is 8.53. The molecule has 0 fully saturated rings. The number of nitrogens with zero attached hydrogens (tertiary/aromatic N) is 3. The van der Waals surface area contributed by atoms with E-state index in [-0.39, 0.29) is 0 Å². The van der Waals surface area contributed by atoms with E-state index in [1.807, 2.05) is 42.7 Å². The minimum Gasteiger partial charge on any atom is -0.357 e. The van der Waals surface area contributed by atoms with Crippen molar-refractivity contribution in [3.63, 3.8) is 0 Å². The first-order chi connectivity index (χ1) is 12.3. The van der Waals surface area contributed by atoms with Gasteiger partial charge in [0.2, 0.25) is 0 Å². The summed E-state index contributed by atoms with van der Waals surface area (Å²) in [6.07, 6.45) is 3.65. The SMILES string of the molecule is CCNC(=NCc1ccnc2ccccc12)NCc1ncccc1C. The number of aromatic nitrogens is 2. The molecule has 1 aromatic carbocycles. The molecule has 0 saturated heterocycles. The van der Waals surface area contributed by atoms with Crippen LogP contribution in [-0.2, 0) is 13.1 Å². The van der Waals surface area contributed by atoms with Gasteiger partial charge in [-0.2, -0.15) is 0 Å². The van der Waals surface area contributed by atoms with Crippen LogP contribution in [0.4, 0.5) is 0 Å². The van der Waals surface area contributed by atoms with Crippen molar-refractivity contribution in [3.05, 3.63) is 71.7 Å². The molecule has 0 unspecified atom stereocenters. The van der Waals surface area contributed by atoms with Crippen LogP contribution in [0.1, 0.15) is 23.7 Å². The number of para-hydroxylation sites is 1. The van der Waals surface area contributed by atoms with Crippen LogP contribution in [0.15, 0.2) is 59.9 Å². The maximum absolute atomic E-state index is 4.72. The highest BCUT2D eigenvalue weighted by molar-refractivity contribution is 5.83. The molecule has 0 bridgehead atoms. The number of hydrogen-bond donors (Lipinski definition) is 2. The van der Waals surface area contributed by atoms with Gasteiger partial charge in [-0.25, -0.2) is 4.99 Å². The van der Waals surface area contributed by atoms with Crippen molar-refractivity contribution in [2.45, 2.75) is 26.9 Å². The number of nitrogens with one attached hydrogen (secondary N) is 2.